The molecule has 2 aliphatic carbocycles. The van der Waals surface area contributed by atoms with Crippen LogP contribution in [0, 0.1) is 11.8 Å². The molecule has 5 rings (SSSR count). The third-order valence-electron chi connectivity index (χ3n) is 5.75. The number of hydrogen-bond donors (Lipinski definition) is 3. The molecule has 1 heterocycles. The number of allylic oxidation sites excluding steroid dienone is 1. The molecule has 5 N–H and O–H groups in total. The van der Waals surface area contributed by atoms with Gasteiger partial charge in [-0.15, -0.1) is 0 Å². The standard InChI is InChI=1S/C23H18ClN5O5/c24-21-27-22(26)29-23(28-21)34-11-7-5-10(6-8-11)33-15-9-14(30)16-17(18(15)25)20(32)13-4-2-1-3-12(13)19(16)31/h1-8,14,16-17,30H,9,25H2,(H2,26,27,28,29). The second kappa shape index (κ2) is 8.40. The quantitative estimate of drug-likeness (QED) is 0.506. The van der Waals surface area contributed by atoms with Crippen molar-refractivity contribution < 1.29 is 24.2 Å². The SMILES string of the molecule is NC1=C(Oc2ccc(Oc3nc(N)nc(Cl)n3)cc2)CC(O)C2C(=O)c3ccccc3C(=O)C12. The van der Waals surface area contributed by atoms with Crippen LogP contribution in [0.25, 0.3) is 0 Å². The van der Waals surface area contributed by atoms with Crippen molar-refractivity contribution >= 4 is 29.1 Å². The summed E-state index contributed by atoms with van der Waals surface area (Å²) in [7, 11) is 0. The number of Topliss-reactive ketones (excluding diaryl/α,β-unsaturated/α-hetero) is 2. The Kier molecular flexibility index (Phi) is 5.39. The van der Waals surface area contributed by atoms with Gasteiger partial charge in [0, 0.05) is 17.5 Å². The van der Waals surface area contributed by atoms with Crippen molar-refractivity contribution in [2.75, 3.05) is 5.73 Å². The van der Waals surface area contributed by atoms with Crippen LogP contribution in [0.15, 0.2) is 60.0 Å². The van der Waals surface area contributed by atoms with Crippen LogP contribution in [-0.4, -0.2) is 37.7 Å². The molecule has 0 fully saturated rings. The van der Waals surface area contributed by atoms with Crippen LogP contribution in [0.4, 0.5) is 5.95 Å². The summed E-state index contributed by atoms with van der Waals surface area (Å²) in [5.41, 5.74) is 12.6. The predicted molar refractivity (Wildman–Crippen MR) is 120 cm³/mol. The van der Waals surface area contributed by atoms with Gasteiger partial charge in [0.15, 0.2) is 11.6 Å². The lowest BCUT2D eigenvalue weighted by molar-refractivity contribution is 0.0390. The molecule has 3 atom stereocenters. The zero-order valence-electron chi connectivity index (χ0n) is 17.5. The van der Waals surface area contributed by atoms with Crippen molar-refractivity contribution in [2.24, 2.45) is 17.6 Å². The number of halogens is 1. The number of hydrogen-bond acceptors (Lipinski definition) is 10. The van der Waals surface area contributed by atoms with E-state index in [9.17, 15) is 14.7 Å². The van der Waals surface area contributed by atoms with Gasteiger partial charge in [-0.2, -0.15) is 15.0 Å². The molecule has 2 aliphatic rings. The van der Waals surface area contributed by atoms with Gasteiger partial charge in [0.05, 0.1) is 23.6 Å². The van der Waals surface area contributed by atoms with Crippen molar-refractivity contribution in [3.63, 3.8) is 0 Å². The summed E-state index contributed by atoms with van der Waals surface area (Å²) in [5, 5.41) is 10.6. The monoisotopic (exact) mass is 479 g/mol. The smallest absolute Gasteiger partial charge is 0.328 e. The van der Waals surface area contributed by atoms with Crippen LogP contribution in [-0.2, 0) is 0 Å². The Morgan fingerprint density at radius 2 is 1.50 bits per heavy atom. The van der Waals surface area contributed by atoms with Crippen LogP contribution in [0.1, 0.15) is 27.1 Å². The third-order valence-corrected chi connectivity index (χ3v) is 5.92. The Morgan fingerprint density at radius 1 is 0.882 bits per heavy atom. The van der Waals surface area contributed by atoms with E-state index in [2.05, 4.69) is 15.0 Å². The first-order valence-electron chi connectivity index (χ1n) is 10.3. The summed E-state index contributed by atoms with van der Waals surface area (Å²) in [5.74, 6) is -1.60. The third kappa shape index (κ3) is 3.82. The van der Waals surface area contributed by atoms with Crippen molar-refractivity contribution in [3.8, 4) is 17.5 Å². The van der Waals surface area contributed by atoms with Crippen molar-refractivity contribution in [3.05, 3.63) is 76.4 Å². The number of carbonyl (C=O) groups excluding carboxylic acids is 2. The maximum atomic E-state index is 13.1. The fraction of sp³-hybridized carbons (Fsp3) is 0.174. The number of nitrogens with zero attached hydrogens (tertiary/aromatic N) is 3. The number of nitrogen functional groups attached to an aromatic ring is 1. The molecular weight excluding hydrogens is 462 g/mol. The van der Waals surface area contributed by atoms with Crippen molar-refractivity contribution in [2.45, 2.75) is 12.5 Å². The number of anilines is 1. The van der Waals surface area contributed by atoms with E-state index in [4.69, 9.17) is 32.5 Å². The second-order valence-corrected chi connectivity index (χ2v) is 8.19. The molecule has 3 unspecified atom stereocenters. The maximum Gasteiger partial charge on any atom is 0.328 e. The summed E-state index contributed by atoms with van der Waals surface area (Å²) in [6, 6.07) is 12.9. The fourth-order valence-corrected chi connectivity index (χ4v) is 4.39. The van der Waals surface area contributed by atoms with Crippen molar-refractivity contribution in [1.29, 1.82) is 0 Å². The first kappa shape index (κ1) is 21.8. The van der Waals surface area contributed by atoms with E-state index in [1.807, 2.05) is 0 Å². The highest BCUT2D eigenvalue weighted by Crippen LogP contribution is 2.41. The van der Waals surface area contributed by atoms with Gasteiger partial charge in [0.1, 0.15) is 17.3 Å². The molecule has 0 radical (unpaired) electrons. The number of fused-ring (bicyclic) bond motifs is 2. The molecule has 34 heavy (non-hydrogen) atoms. The van der Waals surface area contributed by atoms with Gasteiger partial charge in [0.25, 0.3) is 0 Å². The highest BCUT2D eigenvalue weighted by molar-refractivity contribution is 6.28. The Hall–Kier alpha value is -4.02. The van der Waals surface area contributed by atoms with Gasteiger partial charge < -0.3 is 26.0 Å². The number of nitrogens with two attached hydrogens (primary N) is 2. The maximum absolute atomic E-state index is 13.1. The number of aliphatic hydroxyl groups excluding tert-OH is 1. The van der Waals surface area contributed by atoms with E-state index >= 15 is 0 Å². The van der Waals surface area contributed by atoms with E-state index in [-0.39, 0.29) is 46.7 Å². The molecule has 0 spiro atoms. The zero-order chi connectivity index (χ0) is 24.0. The molecule has 11 heteroatoms. The number of aromatic nitrogens is 3. The average molecular weight is 480 g/mol. The van der Waals surface area contributed by atoms with Crippen LogP contribution in [0.3, 0.4) is 0 Å². The van der Waals surface area contributed by atoms with Gasteiger partial charge >= 0.3 is 6.01 Å². The van der Waals surface area contributed by atoms with Crippen LogP contribution >= 0.6 is 11.6 Å². The second-order valence-electron chi connectivity index (χ2n) is 7.85. The highest BCUT2D eigenvalue weighted by Gasteiger charge is 2.50. The van der Waals surface area contributed by atoms with Gasteiger partial charge in [-0.05, 0) is 35.9 Å². The lowest BCUT2D eigenvalue weighted by atomic mass is 9.67. The van der Waals surface area contributed by atoms with E-state index in [0.717, 1.165) is 0 Å². The molecule has 172 valence electrons. The van der Waals surface area contributed by atoms with E-state index < -0.39 is 17.9 Å². The Balaban J connectivity index is 1.38. The molecule has 1 aromatic heterocycles. The van der Waals surface area contributed by atoms with Gasteiger partial charge in [0.2, 0.25) is 11.2 Å². The number of rotatable bonds is 4. The molecule has 0 saturated heterocycles. The minimum absolute atomic E-state index is 0.00489. The Morgan fingerprint density at radius 3 is 2.15 bits per heavy atom. The van der Waals surface area contributed by atoms with Gasteiger partial charge in [-0.1, -0.05) is 24.3 Å². The van der Waals surface area contributed by atoms with Crippen LogP contribution in [0.5, 0.6) is 17.5 Å². The van der Waals surface area contributed by atoms with E-state index in [0.29, 0.717) is 22.6 Å². The number of ketones is 2. The molecule has 3 aromatic rings. The van der Waals surface area contributed by atoms with Gasteiger partial charge in [-0.3, -0.25) is 9.59 Å². The normalized spacial score (nSPS) is 21.6. The molecule has 0 amide bonds. The molecule has 10 nitrogen and oxygen atoms in total. The minimum Gasteiger partial charge on any atom is -0.460 e. The lowest BCUT2D eigenvalue weighted by Crippen LogP contribution is -2.49. The first-order valence-corrected chi connectivity index (χ1v) is 10.7. The topological polar surface area (TPSA) is 164 Å². The average Bonchev–Trinajstić information content (AvgIpc) is 2.80. The molecule has 0 saturated carbocycles. The summed E-state index contributed by atoms with van der Waals surface area (Å²) < 4.78 is 11.4. The summed E-state index contributed by atoms with van der Waals surface area (Å²) in [6.07, 6.45) is -1.12. The largest absolute Gasteiger partial charge is 0.460 e. The predicted octanol–water partition coefficient (Wildman–Crippen LogP) is 2.52. The molecule has 0 aliphatic heterocycles. The number of benzene rings is 2. The fourth-order valence-electron chi connectivity index (χ4n) is 4.23. The Labute approximate surface area is 198 Å². The van der Waals surface area contributed by atoms with Gasteiger partial charge in [-0.25, -0.2) is 0 Å². The Bertz CT molecular complexity index is 1320. The number of carbonyl (C=O) groups is 2. The van der Waals surface area contributed by atoms with Crippen LogP contribution in [0.2, 0.25) is 5.28 Å². The van der Waals surface area contributed by atoms with Crippen molar-refractivity contribution in [1.82, 2.24) is 15.0 Å². The number of ether oxygens (including phenoxy) is 2. The highest BCUT2D eigenvalue weighted by atomic mass is 35.5. The first-order chi connectivity index (χ1) is 16.3. The zero-order valence-corrected chi connectivity index (χ0v) is 18.3. The lowest BCUT2D eigenvalue weighted by Gasteiger charge is -2.38. The molecule has 2 aromatic carbocycles. The number of aliphatic hydroxyl groups is 1. The summed E-state index contributed by atoms with van der Waals surface area (Å²) in [4.78, 5) is 37.4. The minimum atomic E-state index is -1.11. The van der Waals surface area contributed by atoms with Crippen LogP contribution < -0.4 is 20.9 Å². The van der Waals surface area contributed by atoms with E-state index in [1.54, 1.807) is 48.5 Å². The summed E-state index contributed by atoms with van der Waals surface area (Å²) in [6.45, 7) is 0. The molecule has 0 bridgehead atoms. The summed E-state index contributed by atoms with van der Waals surface area (Å²) >= 11 is 5.75. The molecular formula is C23H18ClN5O5. The van der Waals surface area contributed by atoms with E-state index in [1.165, 1.54) is 0 Å².